The molecule has 0 radical (unpaired) electrons. The number of nitrogens with zero attached hydrogens (tertiary/aromatic N) is 4. The molecule has 4 nitrogen and oxygen atoms in total. The van der Waals surface area contributed by atoms with Gasteiger partial charge in [0.15, 0.2) is 11.6 Å². The average molecular weight is 196 g/mol. The first kappa shape index (κ1) is 9.24. The number of aromatic nitrogens is 2. The highest BCUT2D eigenvalue weighted by atomic mass is 14.9. The smallest absolute Gasteiger partial charge is 0.163 e. The monoisotopic (exact) mass is 196 g/mol. The van der Waals surface area contributed by atoms with Gasteiger partial charge in [-0.15, -0.1) is 0 Å². The van der Waals surface area contributed by atoms with Crippen LogP contribution in [0.25, 0.3) is 0 Å². The van der Waals surface area contributed by atoms with Crippen LogP contribution in [0, 0.1) is 0 Å². The summed E-state index contributed by atoms with van der Waals surface area (Å²) in [5, 5.41) is 0. The molecule has 0 spiro atoms. The Morgan fingerprint density at radius 2 is 1.33 bits per heavy atom. The normalized spacial score (nSPS) is 9.07. The molecule has 0 unspecified atom stereocenters. The van der Waals surface area contributed by atoms with Crippen molar-refractivity contribution in [2.24, 2.45) is 9.98 Å². The van der Waals surface area contributed by atoms with Crippen LogP contribution < -0.4 is 0 Å². The predicted octanol–water partition coefficient (Wildman–Crippen LogP) is 2.61. The lowest BCUT2D eigenvalue weighted by Crippen LogP contribution is -1.71. The van der Waals surface area contributed by atoms with Crippen molar-refractivity contribution in [3.8, 4) is 0 Å². The van der Waals surface area contributed by atoms with E-state index in [1.54, 1.807) is 24.5 Å². The van der Waals surface area contributed by atoms with E-state index in [2.05, 4.69) is 26.0 Å². The van der Waals surface area contributed by atoms with Crippen LogP contribution in [0.5, 0.6) is 0 Å². The van der Waals surface area contributed by atoms with Crippen LogP contribution in [-0.2, 0) is 0 Å². The number of pyridine rings is 2. The molecule has 0 aliphatic carbocycles. The summed E-state index contributed by atoms with van der Waals surface area (Å²) in [7, 11) is 0. The van der Waals surface area contributed by atoms with E-state index in [0.29, 0.717) is 11.6 Å². The van der Waals surface area contributed by atoms with Crippen molar-refractivity contribution in [3.63, 3.8) is 0 Å². The Balaban J connectivity index is 2.16. The summed E-state index contributed by atoms with van der Waals surface area (Å²) >= 11 is 0. The van der Waals surface area contributed by atoms with E-state index in [0.717, 1.165) is 0 Å². The first-order chi connectivity index (χ1) is 7.45. The molecule has 4 heteroatoms. The predicted molar refractivity (Wildman–Crippen MR) is 57.7 cm³/mol. The van der Waals surface area contributed by atoms with E-state index in [1.807, 2.05) is 24.3 Å². The SMILES string of the molecule is C(=Nc1ccccn1)=Nc1ccccn1. The quantitative estimate of drug-likeness (QED) is 0.693. The lowest BCUT2D eigenvalue weighted by molar-refractivity contribution is 1.26. The van der Waals surface area contributed by atoms with Crippen molar-refractivity contribution in [1.29, 1.82) is 0 Å². The maximum Gasteiger partial charge on any atom is 0.163 e. The van der Waals surface area contributed by atoms with E-state index in [1.165, 1.54) is 0 Å². The Morgan fingerprint density at radius 1 is 0.800 bits per heavy atom. The summed E-state index contributed by atoms with van der Waals surface area (Å²) < 4.78 is 0. The molecule has 0 atom stereocenters. The average Bonchev–Trinajstić information content (AvgIpc) is 2.32. The zero-order valence-electron chi connectivity index (χ0n) is 7.91. The van der Waals surface area contributed by atoms with Crippen molar-refractivity contribution in [1.82, 2.24) is 9.97 Å². The Hall–Kier alpha value is -2.32. The van der Waals surface area contributed by atoms with Gasteiger partial charge in [-0.1, -0.05) is 12.1 Å². The molecule has 0 saturated carbocycles. The molecule has 0 aliphatic heterocycles. The third-order valence-corrected chi connectivity index (χ3v) is 1.63. The number of hydrogen-bond acceptors (Lipinski definition) is 4. The summed E-state index contributed by atoms with van der Waals surface area (Å²) in [5.74, 6) is 1.16. The van der Waals surface area contributed by atoms with Gasteiger partial charge in [0, 0.05) is 12.4 Å². The van der Waals surface area contributed by atoms with Crippen LogP contribution >= 0.6 is 0 Å². The van der Waals surface area contributed by atoms with Crippen molar-refractivity contribution >= 4 is 17.6 Å². The van der Waals surface area contributed by atoms with Gasteiger partial charge in [-0.25, -0.2) is 9.97 Å². The van der Waals surface area contributed by atoms with Gasteiger partial charge in [0.25, 0.3) is 0 Å². The van der Waals surface area contributed by atoms with E-state index < -0.39 is 0 Å². The van der Waals surface area contributed by atoms with Gasteiger partial charge >= 0.3 is 0 Å². The van der Waals surface area contributed by atoms with Gasteiger partial charge in [-0.05, 0) is 24.3 Å². The van der Waals surface area contributed by atoms with Crippen molar-refractivity contribution < 1.29 is 0 Å². The van der Waals surface area contributed by atoms with Crippen LogP contribution in [0.4, 0.5) is 11.6 Å². The van der Waals surface area contributed by atoms with Crippen molar-refractivity contribution in [3.05, 3.63) is 48.8 Å². The summed E-state index contributed by atoms with van der Waals surface area (Å²) in [6.07, 6.45) is 3.34. The third kappa shape index (κ3) is 2.83. The molecule has 2 aromatic rings. The highest BCUT2D eigenvalue weighted by Crippen LogP contribution is 2.05. The van der Waals surface area contributed by atoms with Gasteiger partial charge in [-0.2, -0.15) is 9.98 Å². The molecular weight excluding hydrogens is 188 g/mol. The molecule has 2 heterocycles. The molecule has 0 saturated heterocycles. The van der Waals surface area contributed by atoms with Crippen LogP contribution in [0.3, 0.4) is 0 Å². The van der Waals surface area contributed by atoms with Crippen LogP contribution in [0.1, 0.15) is 0 Å². The standard InChI is InChI=1S/C11H8N4/c1-3-7-12-10(5-1)14-9-15-11-6-2-4-8-13-11/h1-8H. The Bertz CT molecular complexity index is 429. The van der Waals surface area contributed by atoms with Gasteiger partial charge in [0.2, 0.25) is 0 Å². The summed E-state index contributed by atoms with van der Waals surface area (Å²) in [6.45, 7) is 0. The minimum Gasteiger partial charge on any atom is -0.236 e. The number of hydrogen-bond donors (Lipinski definition) is 0. The molecule has 0 fully saturated rings. The van der Waals surface area contributed by atoms with Crippen LogP contribution in [0.15, 0.2) is 58.8 Å². The lowest BCUT2D eigenvalue weighted by atomic mass is 10.5. The minimum absolute atomic E-state index is 0.581. The Kier molecular flexibility index (Phi) is 2.95. The second kappa shape index (κ2) is 4.79. The second-order valence-electron chi connectivity index (χ2n) is 2.70. The molecule has 0 amide bonds. The molecule has 0 aromatic carbocycles. The molecule has 0 N–H and O–H groups in total. The zero-order chi connectivity index (χ0) is 10.3. The van der Waals surface area contributed by atoms with Crippen LogP contribution in [0.2, 0.25) is 0 Å². The third-order valence-electron chi connectivity index (χ3n) is 1.63. The highest BCUT2D eigenvalue weighted by molar-refractivity contribution is 5.53. The Morgan fingerprint density at radius 3 is 1.73 bits per heavy atom. The molecular formula is C11H8N4. The maximum absolute atomic E-state index is 4.00. The van der Waals surface area contributed by atoms with E-state index in [9.17, 15) is 0 Å². The molecule has 0 bridgehead atoms. The van der Waals surface area contributed by atoms with Crippen LogP contribution in [-0.4, -0.2) is 16.0 Å². The largest absolute Gasteiger partial charge is 0.236 e. The maximum atomic E-state index is 4.00. The Labute approximate surface area is 87.1 Å². The molecule has 0 aliphatic rings. The van der Waals surface area contributed by atoms with Gasteiger partial charge in [-0.3, -0.25) is 0 Å². The minimum atomic E-state index is 0.581. The van der Waals surface area contributed by atoms with E-state index >= 15 is 0 Å². The fraction of sp³-hybridized carbons (Fsp3) is 0. The molecule has 2 rings (SSSR count). The fourth-order valence-corrected chi connectivity index (χ4v) is 0.967. The lowest BCUT2D eigenvalue weighted by Gasteiger charge is -1.86. The second-order valence-corrected chi connectivity index (χ2v) is 2.70. The molecule has 15 heavy (non-hydrogen) atoms. The summed E-state index contributed by atoms with van der Waals surface area (Å²) in [5.41, 5.74) is 0. The zero-order valence-corrected chi connectivity index (χ0v) is 7.91. The molecule has 2 aromatic heterocycles. The first-order valence-corrected chi connectivity index (χ1v) is 4.44. The van der Waals surface area contributed by atoms with Crippen molar-refractivity contribution in [2.75, 3.05) is 0 Å². The summed E-state index contributed by atoms with van der Waals surface area (Å²) in [6, 6.07) is 13.5. The fourth-order valence-electron chi connectivity index (χ4n) is 0.967. The van der Waals surface area contributed by atoms with Gasteiger partial charge < -0.3 is 0 Å². The van der Waals surface area contributed by atoms with Gasteiger partial charge in [0.1, 0.15) is 6.01 Å². The number of rotatable bonds is 2. The molecule has 72 valence electrons. The van der Waals surface area contributed by atoms with E-state index in [4.69, 9.17) is 0 Å². The number of aliphatic imine (C=N–C) groups is 2. The highest BCUT2D eigenvalue weighted by Gasteiger charge is 1.85. The van der Waals surface area contributed by atoms with Gasteiger partial charge in [0.05, 0.1) is 0 Å². The summed E-state index contributed by atoms with van der Waals surface area (Å²) in [4.78, 5) is 15.9. The van der Waals surface area contributed by atoms with Crippen molar-refractivity contribution in [2.45, 2.75) is 0 Å². The topological polar surface area (TPSA) is 50.5 Å². The first-order valence-electron chi connectivity index (χ1n) is 4.44. The van der Waals surface area contributed by atoms with E-state index in [-0.39, 0.29) is 0 Å².